The molecule has 1 unspecified atom stereocenters. The monoisotopic (exact) mass is 277 g/mol. The molecular formula is C17H27NO2. The van der Waals surface area contributed by atoms with Crippen LogP contribution in [0.4, 0.5) is 0 Å². The van der Waals surface area contributed by atoms with Gasteiger partial charge in [-0.2, -0.15) is 0 Å². The Balaban J connectivity index is 1.73. The standard InChI is InChI=1S/C17H27NO2/c1-14(2)15-6-8-17(9-7-15)20-13-16(19)12-18-10-4-3-5-11-18/h6-9,14,16,19H,3-5,10-13H2,1-2H3. The topological polar surface area (TPSA) is 32.7 Å². The van der Waals surface area contributed by atoms with Crippen LogP contribution in [-0.4, -0.2) is 42.4 Å². The summed E-state index contributed by atoms with van der Waals surface area (Å²) in [6.07, 6.45) is 3.43. The maximum Gasteiger partial charge on any atom is 0.119 e. The van der Waals surface area contributed by atoms with Crippen molar-refractivity contribution in [3.05, 3.63) is 29.8 Å². The molecule has 0 saturated carbocycles. The number of nitrogens with zero attached hydrogens (tertiary/aromatic N) is 1. The van der Waals surface area contributed by atoms with Gasteiger partial charge in [-0.1, -0.05) is 32.4 Å². The second kappa shape index (κ2) is 7.65. The zero-order chi connectivity index (χ0) is 14.4. The third-order valence-corrected chi connectivity index (χ3v) is 3.91. The summed E-state index contributed by atoms with van der Waals surface area (Å²) in [6, 6.07) is 8.17. The molecule has 112 valence electrons. The average Bonchev–Trinajstić information content (AvgIpc) is 2.46. The van der Waals surface area contributed by atoms with E-state index in [0.29, 0.717) is 12.5 Å². The van der Waals surface area contributed by atoms with Crippen molar-refractivity contribution in [3.63, 3.8) is 0 Å². The summed E-state index contributed by atoms with van der Waals surface area (Å²) in [6.45, 7) is 7.68. The minimum Gasteiger partial charge on any atom is -0.491 e. The van der Waals surface area contributed by atoms with Crippen molar-refractivity contribution in [3.8, 4) is 5.75 Å². The summed E-state index contributed by atoms with van der Waals surface area (Å²) in [5, 5.41) is 10.0. The van der Waals surface area contributed by atoms with E-state index in [2.05, 4.69) is 30.9 Å². The highest BCUT2D eigenvalue weighted by atomic mass is 16.5. The highest BCUT2D eigenvalue weighted by Gasteiger charge is 2.14. The number of ether oxygens (including phenoxy) is 1. The van der Waals surface area contributed by atoms with Gasteiger partial charge >= 0.3 is 0 Å². The Morgan fingerprint density at radius 1 is 1.10 bits per heavy atom. The lowest BCUT2D eigenvalue weighted by Gasteiger charge is -2.28. The van der Waals surface area contributed by atoms with Crippen LogP contribution in [0.2, 0.25) is 0 Å². The summed E-state index contributed by atoms with van der Waals surface area (Å²) in [5.74, 6) is 1.38. The summed E-state index contributed by atoms with van der Waals surface area (Å²) in [4.78, 5) is 2.33. The minimum absolute atomic E-state index is 0.373. The van der Waals surface area contributed by atoms with Gasteiger partial charge in [0.2, 0.25) is 0 Å². The Morgan fingerprint density at radius 3 is 2.35 bits per heavy atom. The van der Waals surface area contributed by atoms with Crippen LogP contribution < -0.4 is 4.74 Å². The number of benzene rings is 1. The first-order valence-electron chi connectivity index (χ1n) is 7.78. The van der Waals surface area contributed by atoms with Gasteiger partial charge in [0.25, 0.3) is 0 Å². The molecule has 20 heavy (non-hydrogen) atoms. The number of β-amino-alcohol motifs (C(OH)–C–C–N with tert-alkyl or cyclic N) is 1. The first-order valence-corrected chi connectivity index (χ1v) is 7.78. The van der Waals surface area contributed by atoms with Gasteiger partial charge in [0.05, 0.1) is 0 Å². The van der Waals surface area contributed by atoms with E-state index in [1.54, 1.807) is 0 Å². The lowest BCUT2D eigenvalue weighted by molar-refractivity contribution is 0.0617. The molecule has 0 bridgehead atoms. The lowest BCUT2D eigenvalue weighted by atomic mass is 10.0. The number of aliphatic hydroxyl groups is 1. The zero-order valence-electron chi connectivity index (χ0n) is 12.7. The highest BCUT2D eigenvalue weighted by Crippen LogP contribution is 2.18. The normalized spacial score (nSPS) is 18.2. The molecule has 0 radical (unpaired) electrons. The largest absolute Gasteiger partial charge is 0.491 e. The fraction of sp³-hybridized carbons (Fsp3) is 0.647. The smallest absolute Gasteiger partial charge is 0.119 e. The third kappa shape index (κ3) is 4.80. The van der Waals surface area contributed by atoms with Gasteiger partial charge in [0.15, 0.2) is 0 Å². The SMILES string of the molecule is CC(C)c1ccc(OCC(O)CN2CCCCC2)cc1. The van der Waals surface area contributed by atoms with E-state index < -0.39 is 6.10 Å². The molecule has 1 saturated heterocycles. The molecule has 1 aromatic carbocycles. The molecule has 2 rings (SSSR count). The number of hydrogen-bond donors (Lipinski definition) is 1. The second-order valence-electron chi connectivity index (χ2n) is 6.05. The van der Waals surface area contributed by atoms with E-state index in [1.165, 1.54) is 24.8 Å². The van der Waals surface area contributed by atoms with Crippen LogP contribution in [0, 0.1) is 0 Å². The maximum absolute atomic E-state index is 10.0. The summed E-state index contributed by atoms with van der Waals surface area (Å²) < 4.78 is 5.67. The first-order chi connectivity index (χ1) is 9.65. The van der Waals surface area contributed by atoms with Crippen molar-refractivity contribution < 1.29 is 9.84 Å². The molecule has 1 aromatic rings. The van der Waals surface area contributed by atoms with Gasteiger partial charge in [-0.25, -0.2) is 0 Å². The highest BCUT2D eigenvalue weighted by molar-refractivity contribution is 5.28. The van der Waals surface area contributed by atoms with Crippen LogP contribution in [-0.2, 0) is 0 Å². The molecule has 1 aliphatic heterocycles. The minimum atomic E-state index is -0.405. The zero-order valence-corrected chi connectivity index (χ0v) is 12.7. The molecule has 1 fully saturated rings. The third-order valence-electron chi connectivity index (χ3n) is 3.91. The lowest BCUT2D eigenvalue weighted by Crippen LogP contribution is -2.38. The Labute approximate surface area is 122 Å². The van der Waals surface area contributed by atoms with Crippen molar-refractivity contribution >= 4 is 0 Å². The Morgan fingerprint density at radius 2 is 1.75 bits per heavy atom. The Bertz CT molecular complexity index is 382. The fourth-order valence-electron chi connectivity index (χ4n) is 2.63. The average molecular weight is 277 g/mol. The Hall–Kier alpha value is -1.06. The van der Waals surface area contributed by atoms with Crippen LogP contribution in [0.3, 0.4) is 0 Å². The molecule has 1 atom stereocenters. The molecule has 0 aromatic heterocycles. The maximum atomic E-state index is 10.0. The first kappa shape index (κ1) is 15.3. The molecule has 0 spiro atoms. The van der Waals surface area contributed by atoms with Crippen LogP contribution in [0.1, 0.15) is 44.6 Å². The van der Waals surface area contributed by atoms with E-state index in [9.17, 15) is 5.11 Å². The van der Waals surface area contributed by atoms with Crippen molar-refractivity contribution in [1.29, 1.82) is 0 Å². The van der Waals surface area contributed by atoms with Gasteiger partial charge < -0.3 is 14.7 Å². The molecule has 3 heteroatoms. The fourth-order valence-corrected chi connectivity index (χ4v) is 2.63. The van der Waals surface area contributed by atoms with E-state index in [0.717, 1.165) is 25.4 Å². The van der Waals surface area contributed by atoms with Crippen molar-refractivity contribution in [2.75, 3.05) is 26.2 Å². The molecular weight excluding hydrogens is 250 g/mol. The van der Waals surface area contributed by atoms with E-state index in [4.69, 9.17) is 4.74 Å². The van der Waals surface area contributed by atoms with Crippen LogP contribution in [0.25, 0.3) is 0 Å². The van der Waals surface area contributed by atoms with Gasteiger partial charge in [0.1, 0.15) is 18.5 Å². The van der Waals surface area contributed by atoms with Crippen LogP contribution >= 0.6 is 0 Å². The predicted octanol–water partition coefficient (Wildman–Crippen LogP) is 3.04. The summed E-state index contributed by atoms with van der Waals surface area (Å²) in [7, 11) is 0. The van der Waals surface area contributed by atoms with Gasteiger partial charge in [-0.15, -0.1) is 0 Å². The van der Waals surface area contributed by atoms with Crippen LogP contribution in [0.5, 0.6) is 5.75 Å². The van der Waals surface area contributed by atoms with E-state index >= 15 is 0 Å². The van der Waals surface area contributed by atoms with Gasteiger partial charge in [0, 0.05) is 6.54 Å². The Kier molecular flexibility index (Phi) is 5.86. The van der Waals surface area contributed by atoms with Crippen molar-refractivity contribution in [1.82, 2.24) is 4.90 Å². The quantitative estimate of drug-likeness (QED) is 0.867. The second-order valence-corrected chi connectivity index (χ2v) is 6.05. The van der Waals surface area contributed by atoms with Gasteiger partial charge in [-0.05, 0) is 49.5 Å². The number of aliphatic hydroxyl groups excluding tert-OH is 1. The molecule has 0 aliphatic carbocycles. The van der Waals surface area contributed by atoms with Gasteiger partial charge in [-0.3, -0.25) is 0 Å². The van der Waals surface area contributed by atoms with Crippen molar-refractivity contribution in [2.24, 2.45) is 0 Å². The number of piperidine rings is 1. The molecule has 1 heterocycles. The summed E-state index contributed by atoms with van der Waals surface area (Å²) >= 11 is 0. The molecule has 0 amide bonds. The number of likely N-dealkylation sites (tertiary alicyclic amines) is 1. The predicted molar refractivity (Wildman–Crippen MR) is 82.3 cm³/mol. The van der Waals surface area contributed by atoms with E-state index in [1.807, 2.05) is 12.1 Å². The van der Waals surface area contributed by atoms with Crippen molar-refractivity contribution in [2.45, 2.75) is 45.1 Å². The number of rotatable bonds is 6. The summed E-state index contributed by atoms with van der Waals surface area (Å²) in [5.41, 5.74) is 1.31. The molecule has 1 aliphatic rings. The van der Waals surface area contributed by atoms with E-state index in [-0.39, 0.29) is 0 Å². The number of hydrogen-bond acceptors (Lipinski definition) is 3. The molecule has 1 N–H and O–H groups in total. The molecule has 3 nitrogen and oxygen atoms in total. The van der Waals surface area contributed by atoms with Crippen LogP contribution in [0.15, 0.2) is 24.3 Å².